The summed E-state index contributed by atoms with van der Waals surface area (Å²) in [7, 11) is 0. The number of nitrogen functional groups attached to an aromatic ring is 1. The van der Waals surface area contributed by atoms with Crippen LogP contribution in [0.25, 0.3) is 11.1 Å². The van der Waals surface area contributed by atoms with E-state index >= 15 is 0 Å². The molecule has 1 aromatic heterocycles. The van der Waals surface area contributed by atoms with Gasteiger partial charge in [-0.05, 0) is 48.4 Å². The molecule has 4 heteroatoms. The molecule has 1 aromatic carbocycles. The molecule has 1 aliphatic rings. The highest BCUT2D eigenvalue weighted by Gasteiger charge is 2.19. The van der Waals surface area contributed by atoms with E-state index in [1.54, 1.807) is 12.3 Å². The molecule has 0 spiro atoms. The van der Waals surface area contributed by atoms with Gasteiger partial charge >= 0.3 is 0 Å². The van der Waals surface area contributed by atoms with Crippen LogP contribution in [0.4, 0.5) is 5.82 Å². The summed E-state index contributed by atoms with van der Waals surface area (Å²) >= 11 is 0. The number of hydrogen-bond donors (Lipinski definition) is 3. The Hall–Kier alpha value is -1.97. The molecule has 0 saturated heterocycles. The van der Waals surface area contributed by atoms with Crippen LogP contribution in [0.3, 0.4) is 0 Å². The molecule has 4 nitrogen and oxygen atoms in total. The Kier molecular flexibility index (Phi) is 2.28. The van der Waals surface area contributed by atoms with Crippen molar-refractivity contribution in [3.05, 3.63) is 29.5 Å². The van der Waals surface area contributed by atoms with Gasteiger partial charge in [-0.15, -0.1) is 0 Å². The standard InChI is InChI=1S/C13H15N3O/c14-13-11(7-15-16-13)9-5-6-12(17)10-4-2-1-3-8(9)10/h5-7,17H,1-4H2,(H3,14,15,16). The second-order valence-electron chi connectivity index (χ2n) is 4.49. The van der Waals surface area contributed by atoms with E-state index in [0.29, 0.717) is 11.6 Å². The molecular formula is C13H15N3O. The Labute approximate surface area is 99.5 Å². The third-order valence-electron chi connectivity index (χ3n) is 3.47. The van der Waals surface area contributed by atoms with E-state index < -0.39 is 0 Å². The lowest BCUT2D eigenvalue weighted by Crippen LogP contribution is -2.05. The summed E-state index contributed by atoms with van der Waals surface area (Å²) in [6, 6.07) is 3.69. The van der Waals surface area contributed by atoms with Gasteiger partial charge in [0.15, 0.2) is 0 Å². The maximum absolute atomic E-state index is 9.89. The van der Waals surface area contributed by atoms with Crippen LogP contribution >= 0.6 is 0 Å². The molecule has 0 aliphatic heterocycles. The van der Waals surface area contributed by atoms with Crippen molar-refractivity contribution >= 4 is 5.82 Å². The molecule has 0 fully saturated rings. The lowest BCUT2D eigenvalue weighted by molar-refractivity contribution is 0.462. The van der Waals surface area contributed by atoms with Crippen molar-refractivity contribution in [2.45, 2.75) is 25.7 Å². The van der Waals surface area contributed by atoms with Crippen LogP contribution < -0.4 is 5.73 Å². The topological polar surface area (TPSA) is 74.9 Å². The molecule has 1 heterocycles. The number of nitrogens with two attached hydrogens (primary N) is 1. The third kappa shape index (κ3) is 1.56. The number of hydrogen-bond acceptors (Lipinski definition) is 3. The zero-order valence-corrected chi connectivity index (χ0v) is 9.53. The maximum atomic E-state index is 9.89. The van der Waals surface area contributed by atoms with Crippen molar-refractivity contribution in [1.29, 1.82) is 0 Å². The van der Waals surface area contributed by atoms with Crippen molar-refractivity contribution in [3.8, 4) is 16.9 Å². The van der Waals surface area contributed by atoms with E-state index in [1.165, 1.54) is 12.0 Å². The summed E-state index contributed by atoms with van der Waals surface area (Å²) in [5.41, 5.74) is 10.2. The molecule has 0 unspecified atom stereocenters. The number of aromatic hydroxyl groups is 1. The first-order valence-corrected chi connectivity index (χ1v) is 5.90. The quantitative estimate of drug-likeness (QED) is 0.702. The Bertz CT molecular complexity index is 560. The van der Waals surface area contributed by atoms with Crippen LogP contribution in [-0.2, 0) is 12.8 Å². The van der Waals surface area contributed by atoms with Gasteiger partial charge in [-0.2, -0.15) is 5.10 Å². The first-order chi connectivity index (χ1) is 8.27. The summed E-state index contributed by atoms with van der Waals surface area (Å²) in [5, 5.41) is 16.6. The fourth-order valence-electron chi connectivity index (χ4n) is 2.61. The van der Waals surface area contributed by atoms with Gasteiger partial charge in [0, 0.05) is 5.56 Å². The summed E-state index contributed by atoms with van der Waals surface area (Å²) in [6.45, 7) is 0. The van der Waals surface area contributed by atoms with Crippen molar-refractivity contribution in [2.24, 2.45) is 0 Å². The van der Waals surface area contributed by atoms with E-state index in [2.05, 4.69) is 10.2 Å². The molecule has 17 heavy (non-hydrogen) atoms. The fourth-order valence-corrected chi connectivity index (χ4v) is 2.61. The smallest absolute Gasteiger partial charge is 0.126 e. The van der Waals surface area contributed by atoms with Gasteiger partial charge in [0.05, 0.1) is 6.20 Å². The molecule has 3 rings (SSSR count). The zero-order valence-electron chi connectivity index (χ0n) is 9.53. The minimum Gasteiger partial charge on any atom is -0.508 e. The molecule has 1 aliphatic carbocycles. The highest BCUT2D eigenvalue weighted by molar-refractivity contribution is 5.77. The van der Waals surface area contributed by atoms with Crippen LogP contribution in [0.2, 0.25) is 0 Å². The predicted molar refractivity (Wildman–Crippen MR) is 66.7 cm³/mol. The van der Waals surface area contributed by atoms with Gasteiger partial charge in [-0.25, -0.2) is 0 Å². The summed E-state index contributed by atoms with van der Waals surface area (Å²) in [6.07, 6.45) is 6.01. The molecule has 0 radical (unpaired) electrons. The van der Waals surface area contributed by atoms with E-state index in [-0.39, 0.29) is 0 Å². The Morgan fingerprint density at radius 1 is 1.12 bits per heavy atom. The maximum Gasteiger partial charge on any atom is 0.126 e. The van der Waals surface area contributed by atoms with Gasteiger partial charge in [0.1, 0.15) is 11.6 Å². The number of H-pyrrole nitrogens is 1. The molecule has 2 aromatic rings. The summed E-state index contributed by atoms with van der Waals surface area (Å²) < 4.78 is 0. The molecule has 0 atom stereocenters. The SMILES string of the molecule is Nc1[nH]ncc1-c1ccc(O)c2c1CCCC2. The summed E-state index contributed by atoms with van der Waals surface area (Å²) in [5.74, 6) is 0.994. The average Bonchev–Trinajstić information content (AvgIpc) is 2.77. The number of aromatic amines is 1. The van der Waals surface area contributed by atoms with Crippen molar-refractivity contribution in [3.63, 3.8) is 0 Å². The Balaban J connectivity index is 2.21. The second kappa shape index (κ2) is 3.80. The van der Waals surface area contributed by atoms with E-state index in [4.69, 9.17) is 5.73 Å². The number of fused-ring (bicyclic) bond motifs is 1. The van der Waals surface area contributed by atoms with Gasteiger partial charge < -0.3 is 10.8 Å². The second-order valence-corrected chi connectivity index (χ2v) is 4.49. The normalized spacial score (nSPS) is 14.6. The zero-order chi connectivity index (χ0) is 11.8. The van der Waals surface area contributed by atoms with E-state index in [1.807, 2.05) is 6.07 Å². The average molecular weight is 229 g/mol. The third-order valence-corrected chi connectivity index (χ3v) is 3.47. The number of phenolic OH excluding ortho intramolecular Hbond substituents is 1. The highest BCUT2D eigenvalue weighted by atomic mass is 16.3. The van der Waals surface area contributed by atoms with Gasteiger partial charge in [-0.3, -0.25) is 5.10 Å². The first-order valence-electron chi connectivity index (χ1n) is 5.90. The highest BCUT2D eigenvalue weighted by Crippen LogP contribution is 2.37. The van der Waals surface area contributed by atoms with Crippen LogP contribution in [-0.4, -0.2) is 15.3 Å². The summed E-state index contributed by atoms with van der Waals surface area (Å²) in [4.78, 5) is 0. The monoisotopic (exact) mass is 229 g/mol. The lowest BCUT2D eigenvalue weighted by Gasteiger charge is -2.20. The molecule has 0 bridgehead atoms. The van der Waals surface area contributed by atoms with E-state index in [0.717, 1.165) is 36.0 Å². The van der Waals surface area contributed by atoms with Crippen molar-refractivity contribution < 1.29 is 5.11 Å². The van der Waals surface area contributed by atoms with Crippen LogP contribution in [0, 0.1) is 0 Å². The Morgan fingerprint density at radius 2 is 1.88 bits per heavy atom. The molecule has 0 saturated carbocycles. The van der Waals surface area contributed by atoms with Crippen LogP contribution in [0.5, 0.6) is 5.75 Å². The lowest BCUT2D eigenvalue weighted by atomic mass is 9.86. The first kappa shape index (κ1) is 10.2. The number of benzene rings is 1. The molecule has 0 amide bonds. The number of nitrogens with zero attached hydrogens (tertiary/aromatic N) is 1. The number of nitrogens with one attached hydrogen (secondary N) is 1. The van der Waals surface area contributed by atoms with Crippen molar-refractivity contribution in [2.75, 3.05) is 5.73 Å². The minimum atomic E-state index is 0.408. The number of phenols is 1. The van der Waals surface area contributed by atoms with E-state index in [9.17, 15) is 5.11 Å². The van der Waals surface area contributed by atoms with Gasteiger partial charge in [0.2, 0.25) is 0 Å². The Morgan fingerprint density at radius 3 is 2.59 bits per heavy atom. The number of rotatable bonds is 1. The molecule has 4 N–H and O–H groups in total. The van der Waals surface area contributed by atoms with Gasteiger partial charge in [0.25, 0.3) is 0 Å². The molecule has 88 valence electrons. The molecular weight excluding hydrogens is 214 g/mol. The van der Waals surface area contributed by atoms with Crippen LogP contribution in [0.15, 0.2) is 18.3 Å². The van der Waals surface area contributed by atoms with Crippen LogP contribution in [0.1, 0.15) is 24.0 Å². The van der Waals surface area contributed by atoms with Crippen molar-refractivity contribution in [1.82, 2.24) is 10.2 Å². The largest absolute Gasteiger partial charge is 0.508 e. The fraction of sp³-hybridized carbons (Fsp3) is 0.308. The van der Waals surface area contributed by atoms with Gasteiger partial charge in [-0.1, -0.05) is 6.07 Å². The number of anilines is 1. The number of aromatic nitrogens is 2. The minimum absolute atomic E-state index is 0.408. The predicted octanol–water partition coefficient (Wildman–Crippen LogP) is 2.24.